The van der Waals surface area contributed by atoms with E-state index in [1.54, 1.807) is 7.11 Å². The van der Waals surface area contributed by atoms with Crippen molar-refractivity contribution in [1.82, 2.24) is 5.32 Å². The van der Waals surface area contributed by atoms with Gasteiger partial charge in [-0.3, -0.25) is 0 Å². The van der Waals surface area contributed by atoms with Crippen molar-refractivity contribution in [2.24, 2.45) is 0 Å². The molecule has 0 radical (unpaired) electrons. The molecule has 1 N–H and O–H groups in total. The molecule has 3 aromatic carbocycles. The van der Waals surface area contributed by atoms with Crippen molar-refractivity contribution in [3.63, 3.8) is 0 Å². The van der Waals surface area contributed by atoms with E-state index in [2.05, 4.69) is 61.6 Å². The van der Waals surface area contributed by atoms with Gasteiger partial charge in [0.2, 0.25) is 0 Å². The van der Waals surface area contributed by atoms with E-state index in [1.165, 1.54) is 11.1 Å². The zero-order chi connectivity index (χ0) is 21.3. The molecular formula is C26H30ClNO2. The van der Waals surface area contributed by atoms with E-state index in [0.29, 0.717) is 29.2 Å². The van der Waals surface area contributed by atoms with Crippen molar-refractivity contribution in [3.8, 4) is 11.5 Å². The molecule has 30 heavy (non-hydrogen) atoms. The molecule has 0 aliphatic rings. The minimum atomic E-state index is 0.395. The van der Waals surface area contributed by atoms with Crippen LogP contribution in [0.5, 0.6) is 11.5 Å². The molecule has 0 aliphatic carbocycles. The molecule has 0 saturated carbocycles. The van der Waals surface area contributed by atoms with Crippen LogP contribution in [0.2, 0.25) is 5.02 Å². The van der Waals surface area contributed by atoms with Crippen molar-refractivity contribution in [1.29, 1.82) is 0 Å². The summed E-state index contributed by atoms with van der Waals surface area (Å²) < 4.78 is 11.6. The molecule has 4 heteroatoms. The molecule has 0 bridgehead atoms. The normalized spacial score (nSPS) is 11.9. The number of halogens is 1. The smallest absolute Gasteiger partial charge is 0.180 e. The van der Waals surface area contributed by atoms with E-state index < -0.39 is 0 Å². The van der Waals surface area contributed by atoms with Gasteiger partial charge in [-0.15, -0.1) is 0 Å². The van der Waals surface area contributed by atoms with Crippen LogP contribution in [0.1, 0.15) is 35.6 Å². The van der Waals surface area contributed by atoms with Gasteiger partial charge in [-0.05, 0) is 61.1 Å². The molecule has 3 nitrogen and oxygen atoms in total. The van der Waals surface area contributed by atoms with Gasteiger partial charge in [0.15, 0.2) is 11.5 Å². The highest BCUT2D eigenvalue weighted by Gasteiger charge is 2.13. The minimum Gasteiger partial charge on any atom is -0.493 e. The number of hydrogen-bond donors (Lipinski definition) is 1. The molecule has 0 aromatic heterocycles. The second-order valence-corrected chi connectivity index (χ2v) is 8.04. The Hall–Kier alpha value is -2.49. The first-order valence-electron chi connectivity index (χ1n) is 10.4. The van der Waals surface area contributed by atoms with Crippen LogP contribution < -0.4 is 14.8 Å². The minimum absolute atomic E-state index is 0.395. The summed E-state index contributed by atoms with van der Waals surface area (Å²) in [6.07, 6.45) is 2.14. The molecule has 0 aliphatic heterocycles. The van der Waals surface area contributed by atoms with Gasteiger partial charge in [0.1, 0.15) is 6.61 Å². The first-order valence-corrected chi connectivity index (χ1v) is 10.8. The van der Waals surface area contributed by atoms with E-state index in [4.69, 9.17) is 21.1 Å². The summed E-state index contributed by atoms with van der Waals surface area (Å²) >= 11 is 6.54. The maximum Gasteiger partial charge on any atom is 0.180 e. The second-order valence-electron chi connectivity index (χ2n) is 7.63. The molecule has 0 saturated heterocycles. The number of methoxy groups -OCH3 is 1. The maximum atomic E-state index is 6.54. The third-order valence-corrected chi connectivity index (χ3v) is 5.57. The summed E-state index contributed by atoms with van der Waals surface area (Å²) in [7, 11) is 1.64. The predicted octanol–water partition coefficient (Wildman–Crippen LogP) is 6.35. The van der Waals surface area contributed by atoms with Crippen LogP contribution in [-0.4, -0.2) is 13.2 Å². The van der Waals surface area contributed by atoms with Gasteiger partial charge < -0.3 is 14.8 Å². The number of rotatable bonds is 10. The van der Waals surface area contributed by atoms with Gasteiger partial charge >= 0.3 is 0 Å². The average Bonchev–Trinajstić information content (AvgIpc) is 2.77. The highest BCUT2D eigenvalue weighted by molar-refractivity contribution is 6.32. The maximum absolute atomic E-state index is 6.54. The summed E-state index contributed by atoms with van der Waals surface area (Å²) in [4.78, 5) is 0. The molecule has 1 atom stereocenters. The van der Waals surface area contributed by atoms with Gasteiger partial charge in [-0.25, -0.2) is 0 Å². The molecule has 0 heterocycles. The van der Waals surface area contributed by atoms with E-state index in [1.807, 2.05) is 24.3 Å². The second kappa shape index (κ2) is 11.1. The number of benzene rings is 3. The number of hydrogen-bond acceptors (Lipinski definition) is 3. The van der Waals surface area contributed by atoms with Crippen LogP contribution >= 0.6 is 11.6 Å². The lowest BCUT2D eigenvalue weighted by molar-refractivity contribution is 0.284. The highest BCUT2D eigenvalue weighted by Crippen LogP contribution is 2.37. The van der Waals surface area contributed by atoms with Crippen molar-refractivity contribution in [2.45, 2.75) is 45.9 Å². The predicted molar refractivity (Wildman–Crippen MR) is 125 cm³/mol. The van der Waals surface area contributed by atoms with Crippen LogP contribution in [-0.2, 0) is 19.6 Å². The Morgan fingerprint density at radius 1 is 0.967 bits per heavy atom. The number of aryl methyl sites for hydroxylation is 2. The lowest BCUT2D eigenvalue weighted by Crippen LogP contribution is -2.26. The van der Waals surface area contributed by atoms with Gasteiger partial charge in [-0.1, -0.05) is 66.2 Å². The number of ether oxygens (including phenoxy) is 2. The molecule has 3 rings (SSSR count). The van der Waals surface area contributed by atoms with E-state index in [-0.39, 0.29) is 0 Å². The average molecular weight is 424 g/mol. The summed E-state index contributed by atoms with van der Waals surface area (Å²) in [5.41, 5.74) is 4.77. The van der Waals surface area contributed by atoms with Crippen LogP contribution in [0.15, 0.2) is 66.7 Å². The molecule has 0 amide bonds. The van der Waals surface area contributed by atoms with Crippen molar-refractivity contribution in [3.05, 3.63) is 94.0 Å². The Labute approximate surface area is 185 Å². The molecular weight excluding hydrogens is 394 g/mol. The van der Waals surface area contributed by atoms with Gasteiger partial charge in [-0.2, -0.15) is 0 Å². The Bertz CT molecular complexity index is 943. The van der Waals surface area contributed by atoms with E-state index in [9.17, 15) is 0 Å². The lowest BCUT2D eigenvalue weighted by Gasteiger charge is -2.17. The first-order chi connectivity index (χ1) is 14.6. The van der Waals surface area contributed by atoms with Crippen LogP contribution in [0, 0.1) is 6.92 Å². The molecule has 0 fully saturated rings. The Kier molecular flexibility index (Phi) is 8.18. The summed E-state index contributed by atoms with van der Waals surface area (Å²) in [5, 5.41) is 4.14. The highest BCUT2D eigenvalue weighted by atomic mass is 35.5. The van der Waals surface area contributed by atoms with Crippen LogP contribution in [0.25, 0.3) is 0 Å². The molecule has 158 valence electrons. The third kappa shape index (κ3) is 6.25. The van der Waals surface area contributed by atoms with Gasteiger partial charge in [0.05, 0.1) is 12.1 Å². The Morgan fingerprint density at radius 3 is 2.43 bits per heavy atom. The first kappa shape index (κ1) is 22.2. The summed E-state index contributed by atoms with van der Waals surface area (Å²) in [5.74, 6) is 1.24. The Morgan fingerprint density at radius 2 is 1.70 bits per heavy atom. The Balaban J connectivity index is 1.58. The molecule has 0 spiro atoms. The monoisotopic (exact) mass is 423 g/mol. The number of nitrogens with one attached hydrogen (secondary N) is 1. The fraction of sp³-hybridized carbons (Fsp3) is 0.308. The van der Waals surface area contributed by atoms with E-state index >= 15 is 0 Å². The molecule has 0 unspecified atom stereocenters. The van der Waals surface area contributed by atoms with Crippen LogP contribution in [0.4, 0.5) is 0 Å². The van der Waals surface area contributed by atoms with Gasteiger partial charge in [0, 0.05) is 12.6 Å². The molecule has 3 aromatic rings. The standard InChI is InChI=1S/C26H30ClNO2/c1-19-9-7-8-12-23(19)18-30-26-24(27)15-22(16-25(26)29-3)17-28-20(2)13-14-21-10-5-4-6-11-21/h4-12,15-16,20,28H,13-14,17-18H2,1-3H3/t20-/m0/s1. The van der Waals surface area contributed by atoms with Gasteiger partial charge in [0.25, 0.3) is 0 Å². The fourth-order valence-electron chi connectivity index (χ4n) is 3.36. The zero-order valence-electron chi connectivity index (χ0n) is 18.0. The summed E-state index contributed by atoms with van der Waals surface area (Å²) in [6, 6.07) is 23.1. The summed E-state index contributed by atoms with van der Waals surface area (Å²) in [6.45, 7) is 5.47. The lowest BCUT2D eigenvalue weighted by atomic mass is 10.1. The topological polar surface area (TPSA) is 30.5 Å². The SMILES string of the molecule is COc1cc(CN[C@@H](C)CCc2ccccc2)cc(Cl)c1OCc1ccccc1C. The van der Waals surface area contributed by atoms with Crippen molar-refractivity contribution >= 4 is 11.6 Å². The quantitative estimate of drug-likeness (QED) is 0.412. The van der Waals surface area contributed by atoms with Crippen molar-refractivity contribution < 1.29 is 9.47 Å². The largest absolute Gasteiger partial charge is 0.493 e. The van der Waals surface area contributed by atoms with Crippen molar-refractivity contribution in [2.75, 3.05) is 7.11 Å². The van der Waals surface area contributed by atoms with E-state index in [0.717, 1.165) is 30.5 Å². The third-order valence-electron chi connectivity index (χ3n) is 5.29. The fourth-order valence-corrected chi connectivity index (χ4v) is 3.65. The zero-order valence-corrected chi connectivity index (χ0v) is 18.7. The van der Waals surface area contributed by atoms with Crippen LogP contribution in [0.3, 0.4) is 0 Å².